The largest absolute Gasteiger partial charge is 0.493 e. The molecule has 2 rings (SSSR count). The van der Waals surface area contributed by atoms with E-state index >= 15 is 0 Å². The van der Waals surface area contributed by atoms with E-state index in [1.165, 1.54) is 24.8 Å². The van der Waals surface area contributed by atoms with E-state index in [1.807, 2.05) is 0 Å². The fraction of sp³-hybridized carbons (Fsp3) is 0.647. The number of rotatable bonds is 4. The summed E-state index contributed by atoms with van der Waals surface area (Å²) in [6.45, 7) is 4.38. The molecular weight excluding hydrogens is 250 g/mol. The molecule has 0 spiro atoms. The Hall–Kier alpha value is -1.22. The van der Waals surface area contributed by atoms with Gasteiger partial charge in [-0.3, -0.25) is 0 Å². The monoisotopic (exact) mass is 277 g/mol. The lowest BCUT2D eigenvalue weighted by atomic mass is 9.76. The molecule has 112 valence electrons. The molecule has 3 heteroatoms. The highest BCUT2D eigenvalue weighted by molar-refractivity contribution is 5.53. The average molecular weight is 277 g/mol. The maximum Gasteiger partial charge on any atom is 0.165 e. The SMILES string of the molecule is COc1cc(C(C)C)cc(C2(N)CCCCC2)c1OC. The fourth-order valence-electron chi connectivity index (χ4n) is 3.14. The van der Waals surface area contributed by atoms with Gasteiger partial charge in [-0.2, -0.15) is 0 Å². The van der Waals surface area contributed by atoms with Crippen molar-refractivity contribution in [1.29, 1.82) is 0 Å². The van der Waals surface area contributed by atoms with Crippen molar-refractivity contribution in [2.24, 2.45) is 5.73 Å². The summed E-state index contributed by atoms with van der Waals surface area (Å²) in [6, 6.07) is 4.29. The normalized spacial score (nSPS) is 18.1. The number of hydrogen-bond donors (Lipinski definition) is 1. The van der Waals surface area contributed by atoms with Gasteiger partial charge >= 0.3 is 0 Å². The minimum atomic E-state index is -0.276. The van der Waals surface area contributed by atoms with Gasteiger partial charge in [-0.25, -0.2) is 0 Å². The van der Waals surface area contributed by atoms with Crippen molar-refractivity contribution in [3.8, 4) is 11.5 Å². The summed E-state index contributed by atoms with van der Waals surface area (Å²) in [7, 11) is 3.39. The Morgan fingerprint density at radius 1 is 1.05 bits per heavy atom. The third-order valence-electron chi connectivity index (χ3n) is 4.45. The summed E-state index contributed by atoms with van der Waals surface area (Å²) < 4.78 is 11.1. The second-order valence-corrected chi connectivity index (χ2v) is 6.18. The van der Waals surface area contributed by atoms with Crippen molar-refractivity contribution in [2.45, 2.75) is 57.4 Å². The molecule has 2 N–H and O–H groups in total. The van der Waals surface area contributed by atoms with Crippen molar-refractivity contribution in [3.05, 3.63) is 23.3 Å². The molecule has 0 aliphatic heterocycles. The zero-order chi connectivity index (χ0) is 14.8. The Kier molecular flexibility index (Phi) is 4.59. The number of nitrogens with two attached hydrogens (primary N) is 1. The van der Waals surface area contributed by atoms with Crippen molar-refractivity contribution < 1.29 is 9.47 Å². The zero-order valence-electron chi connectivity index (χ0n) is 13.2. The Labute approximate surface area is 122 Å². The molecule has 0 atom stereocenters. The molecule has 20 heavy (non-hydrogen) atoms. The first kappa shape index (κ1) is 15.2. The molecule has 0 heterocycles. The molecule has 0 saturated heterocycles. The predicted octanol–water partition coefficient (Wildman–Crippen LogP) is 3.95. The van der Waals surface area contributed by atoms with E-state index in [-0.39, 0.29) is 5.54 Å². The zero-order valence-corrected chi connectivity index (χ0v) is 13.2. The minimum Gasteiger partial charge on any atom is -0.493 e. The van der Waals surface area contributed by atoms with Gasteiger partial charge in [0.1, 0.15) is 0 Å². The van der Waals surface area contributed by atoms with Crippen LogP contribution in [0.1, 0.15) is 63.0 Å². The van der Waals surface area contributed by atoms with Crippen LogP contribution in [0.4, 0.5) is 0 Å². The molecule has 0 amide bonds. The highest BCUT2D eigenvalue weighted by atomic mass is 16.5. The second kappa shape index (κ2) is 6.04. The van der Waals surface area contributed by atoms with Crippen molar-refractivity contribution in [1.82, 2.24) is 0 Å². The average Bonchev–Trinajstić information content (AvgIpc) is 2.46. The Morgan fingerprint density at radius 3 is 2.20 bits per heavy atom. The van der Waals surface area contributed by atoms with Gasteiger partial charge in [0.2, 0.25) is 0 Å². The lowest BCUT2D eigenvalue weighted by Gasteiger charge is -2.35. The first-order valence-electron chi connectivity index (χ1n) is 7.57. The van der Waals surface area contributed by atoms with Crippen LogP contribution in [0, 0.1) is 0 Å². The van der Waals surface area contributed by atoms with Gasteiger partial charge in [0.25, 0.3) is 0 Å². The molecular formula is C17H27NO2. The van der Waals surface area contributed by atoms with Gasteiger partial charge < -0.3 is 15.2 Å². The molecule has 1 aromatic carbocycles. The van der Waals surface area contributed by atoms with E-state index in [1.54, 1.807) is 14.2 Å². The number of hydrogen-bond acceptors (Lipinski definition) is 3. The van der Waals surface area contributed by atoms with Crippen LogP contribution in [0.15, 0.2) is 12.1 Å². The predicted molar refractivity (Wildman–Crippen MR) is 82.6 cm³/mol. The summed E-state index contributed by atoms with van der Waals surface area (Å²) in [5.74, 6) is 2.05. The third-order valence-corrected chi connectivity index (χ3v) is 4.45. The van der Waals surface area contributed by atoms with Gasteiger partial charge in [-0.05, 0) is 36.5 Å². The number of benzene rings is 1. The molecule has 0 unspecified atom stereocenters. The highest BCUT2D eigenvalue weighted by Crippen LogP contribution is 2.44. The summed E-state index contributed by atoms with van der Waals surface area (Å²) in [4.78, 5) is 0. The third kappa shape index (κ3) is 2.78. The lowest BCUT2D eigenvalue weighted by molar-refractivity contribution is 0.281. The van der Waals surface area contributed by atoms with Gasteiger partial charge in [0.15, 0.2) is 11.5 Å². The van der Waals surface area contributed by atoms with E-state index in [2.05, 4.69) is 26.0 Å². The maximum absolute atomic E-state index is 6.71. The van der Waals surface area contributed by atoms with Gasteiger partial charge in [-0.1, -0.05) is 33.1 Å². The minimum absolute atomic E-state index is 0.276. The quantitative estimate of drug-likeness (QED) is 0.906. The van der Waals surface area contributed by atoms with Gasteiger partial charge in [-0.15, -0.1) is 0 Å². The molecule has 1 aliphatic carbocycles. The number of ether oxygens (including phenoxy) is 2. The molecule has 0 bridgehead atoms. The first-order chi connectivity index (χ1) is 9.51. The van der Waals surface area contributed by atoms with Crippen LogP contribution in [0.5, 0.6) is 11.5 Å². The summed E-state index contributed by atoms with van der Waals surface area (Å²) in [5, 5.41) is 0. The summed E-state index contributed by atoms with van der Waals surface area (Å²) >= 11 is 0. The standard InChI is InChI=1S/C17H27NO2/c1-12(2)13-10-14(16(20-4)15(11-13)19-3)17(18)8-6-5-7-9-17/h10-12H,5-9,18H2,1-4H3. The van der Waals surface area contributed by atoms with Crippen LogP contribution in [0.3, 0.4) is 0 Å². The fourth-order valence-corrected chi connectivity index (χ4v) is 3.14. The molecule has 0 radical (unpaired) electrons. The van der Waals surface area contributed by atoms with Gasteiger partial charge in [0, 0.05) is 11.1 Å². The second-order valence-electron chi connectivity index (χ2n) is 6.18. The van der Waals surface area contributed by atoms with E-state index in [4.69, 9.17) is 15.2 Å². The van der Waals surface area contributed by atoms with E-state index < -0.39 is 0 Å². The topological polar surface area (TPSA) is 44.5 Å². The van der Waals surface area contributed by atoms with E-state index in [0.29, 0.717) is 5.92 Å². The smallest absolute Gasteiger partial charge is 0.165 e. The van der Waals surface area contributed by atoms with Crippen molar-refractivity contribution >= 4 is 0 Å². The van der Waals surface area contributed by atoms with E-state index in [0.717, 1.165) is 29.9 Å². The first-order valence-corrected chi connectivity index (χ1v) is 7.57. The molecule has 0 aromatic heterocycles. The Morgan fingerprint density at radius 2 is 1.70 bits per heavy atom. The van der Waals surface area contributed by atoms with Crippen molar-refractivity contribution in [3.63, 3.8) is 0 Å². The van der Waals surface area contributed by atoms with Crippen LogP contribution in [-0.2, 0) is 5.54 Å². The van der Waals surface area contributed by atoms with Crippen LogP contribution in [-0.4, -0.2) is 14.2 Å². The molecule has 3 nitrogen and oxygen atoms in total. The Balaban J connectivity index is 2.56. The maximum atomic E-state index is 6.71. The molecule has 1 aromatic rings. The van der Waals surface area contributed by atoms with E-state index in [9.17, 15) is 0 Å². The van der Waals surface area contributed by atoms with Crippen LogP contribution >= 0.6 is 0 Å². The van der Waals surface area contributed by atoms with Crippen LogP contribution in [0.25, 0.3) is 0 Å². The highest BCUT2D eigenvalue weighted by Gasteiger charge is 2.34. The summed E-state index contributed by atoms with van der Waals surface area (Å²) in [6.07, 6.45) is 5.70. The van der Waals surface area contributed by atoms with Crippen molar-refractivity contribution in [2.75, 3.05) is 14.2 Å². The van der Waals surface area contributed by atoms with Gasteiger partial charge in [0.05, 0.1) is 14.2 Å². The molecule has 1 fully saturated rings. The molecule has 1 saturated carbocycles. The Bertz CT molecular complexity index is 462. The molecule has 1 aliphatic rings. The summed E-state index contributed by atoms with van der Waals surface area (Å²) in [5.41, 5.74) is 8.81. The van der Waals surface area contributed by atoms with Crippen LogP contribution < -0.4 is 15.2 Å². The number of methoxy groups -OCH3 is 2. The van der Waals surface area contributed by atoms with Crippen LogP contribution in [0.2, 0.25) is 0 Å². The lowest BCUT2D eigenvalue weighted by Crippen LogP contribution is -2.39.